The molecular formula is C22H21N5O. The van der Waals surface area contributed by atoms with E-state index in [0.29, 0.717) is 0 Å². The Morgan fingerprint density at radius 1 is 1.18 bits per heavy atom. The number of aliphatic imine (C=N–C) groups is 1. The van der Waals surface area contributed by atoms with E-state index in [-0.39, 0.29) is 11.9 Å². The maximum absolute atomic E-state index is 11.6. The summed E-state index contributed by atoms with van der Waals surface area (Å²) < 4.78 is 0. The Hall–Kier alpha value is -3.28. The maximum atomic E-state index is 11.6. The van der Waals surface area contributed by atoms with Crippen LogP contribution < -0.4 is 5.32 Å². The predicted molar refractivity (Wildman–Crippen MR) is 110 cm³/mol. The number of para-hydroxylation sites is 1. The van der Waals surface area contributed by atoms with Crippen LogP contribution in [0.3, 0.4) is 0 Å². The molecule has 2 aromatic carbocycles. The minimum Gasteiger partial charge on any atom is -0.380 e. The molecule has 1 amide bonds. The van der Waals surface area contributed by atoms with E-state index in [1.165, 1.54) is 5.56 Å². The van der Waals surface area contributed by atoms with Gasteiger partial charge in [-0.25, -0.2) is 0 Å². The van der Waals surface area contributed by atoms with Gasteiger partial charge in [0.05, 0.1) is 22.4 Å². The summed E-state index contributed by atoms with van der Waals surface area (Å²) in [7, 11) is 0. The van der Waals surface area contributed by atoms with Crippen molar-refractivity contribution in [1.82, 2.24) is 14.9 Å². The minimum atomic E-state index is 0.132. The van der Waals surface area contributed by atoms with Crippen LogP contribution in [-0.4, -0.2) is 45.6 Å². The quantitative estimate of drug-likeness (QED) is 0.767. The average Bonchev–Trinajstić information content (AvgIpc) is 3.34. The summed E-state index contributed by atoms with van der Waals surface area (Å²) in [5.41, 5.74) is 7.02. The first-order valence-electron chi connectivity index (χ1n) is 9.60. The number of hydrogen-bond donors (Lipinski definition) is 1. The Morgan fingerprint density at radius 3 is 2.86 bits per heavy atom. The van der Waals surface area contributed by atoms with Crippen LogP contribution in [0.2, 0.25) is 0 Å². The first-order chi connectivity index (χ1) is 13.7. The number of hydrogen-bond acceptors (Lipinski definition) is 5. The predicted octanol–water partition coefficient (Wildman–Crippen LogP) is 3.34. The molecule has 140 valence electrons. The molecule has 0 aliphatic carbocycles. The van der Waals surface area contributed by atoms with Gasteiger partial charge in [-0.2, -0.15) is 0 Å². The molecule has 0 saturated carbocycles. The number of aromatic nitrogens is 2. The fourth-order valence-corrected chi connectivity index (χ4v) is 4.07. The number of fused-ring (bicyclic) bond motifs is 2. The van der Waals surface area contributed by atoms with Crippen molar-refractivity contribution in [2.45, 2.75) is 25.8 Å². The van der Waals surface area contributed by atoms with Crippen molar-refractivity contribution >= 4 is 34.0 Å². The molecule has 1 saturated heterocycles. The molecule has 1 N–H and O–H groups in total. The highest BCUT2D eigenvalue weighted by atomic mass is 16.2. The smallest absolute Gasteiger partial charge is 0.219 e. The molecule has 0 unspecified atom stereocenters. The van der Waals surface area contributed by atoms with Crippen molar-refractivity contribution in [2.24, 2.45) is 4.99 Å². The summed E-state index contributed by atoms with van der Waals surface area (Å²) in [5, 5.41) is 3.59. The van der Waals surface area contributed by atoms with Gasteiger partial charge in [0.1, 0.15) is 0 Å². The second-order valence-electron chi connectivity index (χ2n) is 7.41. The Morgan fingerprint density at radius 2 is 2.04 bits per heavy atom. The number of anilines is 1. The molecule has 1 aromatic heterocycles. The van der Waals surface area contributed by atoms with Crippen LogP contribution in [0.1, 0.15) is 24.5 Å². The Bertz CT molecular complexity index is 1110. The lowest BCUT2D eigenvalue weighted by molar-refractivity contribution is -0.127. The lowest BCUT2D eigenvalue weighted by Crippen LogP contribution is -2.29. The zero-order chi connectivity index (χ0) is 19.1. The van der Waals surface area contributed by atoms with Gasteiger partial charge in [0, 0.05) is 56.1 Å². The first-order valence-corrected chi connectivity index (χ1v) is 9.60. The summed E-state index contributed by atoms with van der Waals surface area (Å²) in [6, 6.07) is 12.6. The molecule has 0 bridgehead atoms. The highest BCUT2D eigenvalue weighted by molar-refractivity contribution is 6.13. The van der Waals surface area contributed by atoms with E-state index >= 15 is 0 Å². The highest BCUT2D eigenvalue weighted by Crippen LogP contribution is 2.32. The molecule has 5 rings (SSSR count). The monoisotopic (exact) mass is 371 g/mol. The molecule has 1 atom stereocenters. The highest BCUT2D eigenvalue weighted by Gasteiger charge is 2.25. The van der Waals surface area contributed by atoms with E-state index in [1.54, 1.807) is 19.3 Å². The molecule has 6 nitrogen and oxygen atoms in total. The van der Waals surface area contributed by atoms with Crippen molar-refractivity contribution in [3.8, 4) is 0 Å². The Balaban J connectivity index is 1.50. The average molecular weight is 371 g/mol. The normalized spacial score (nSPS) is 18.2. The summed E-state index contributed by atoms with van der Waals surface area (Å²) in [5.74, 6) is 0.132. The summed E-state index contributed by atoms with van der Waals surface area (Å²) in [6.07, 6.45) is 5.18. The van der Waals surface area contributed by atoms with Gasteiger partial charge in [-0.05, 0) is 30.2 Å². The van der Waals surface area contributed by atoms with E-state index in [2.05, 4.69) is 27.4 Å². The van der Waals surface area contributed by atoms with Crippen LogP contribution in [0.5, 0.6) is 0 Å². The number of carbonyl (C=O) groups excluding carboxylic acids is 1. The van der Waals surface area contributed by atoms with Gasteiger partial charge in [0.15, 0.2) is 0 Å². The van der Waals surface area contributed by atoms with Crippen LogP contribution in [0.25, 0.3) is 11.0 Å². The number of nitrogens with zero attached hydrogens (tertiary/aromatic N) is 4. The van der Waals surface area contributed by atoms with Crippen molar-refractivity contribution in [3.63, 3.8) is 0 Å². The number of amides is 1. The summed E-state index contributed by atoms with van der Waals surface area (Å²) >= 11 is 0. The molecule has 2 aliphatic heterocycles. The first kappa shape index (κ1) is 16.9. The van der Waals surface area contributed by atoms with Crippen LogP contribution >= 0.6 is 0 Å². The Labute approximate surface area is 163 Å². The van der Waals surface area contributed by atoms with Crippen LogP contribution in [-0.2, 0) is 11.2 Å². The number of nitrogens with one attached hydrogen (secondary N) is 1. The number of likely N-dealkylation sites (tertiary alicyclic amines) is 1. The van der Waals surface area contributed by atoms with Crippen molar-refractivity contribution < 1.29 is 4.79 Å². The van der Waals surface area contributed by atoms with Crippen molar-refractivity contribution in [3.05, 3.63) is 59.9 Å². The summed E-state index contributed by atoms with van der Waals surface area (Å²) in [4.78, 5) is 27.4. The minimum absolute atomic E-state index is 0.132. The maximum Gasteiger partial charge on any atom is 0.219 e. The second kappa shape index (κ2) is 6.71. The molecule has 0 radical (unpaired) electrons. The Kier molecular flexibility index (Phi) is 4.04. The number of benzene rings is 2. The molecule has 1 fully saturated rings. The standard InChI is InChI=1S/C22H21N5O/c1-14(28)27-9-6-16(13-27)25-17-11-18(22-21(12-17)23-7-8-24-22)20-10-15-4-2-3-5-19(15)26-20/h2-5,7-8,11-12,16,25H,6,9-10,13H2,1H3/t16-/m0/s1. The topological polar surface area (TPSA) is 70.5 Å². The number of rotatable bonds is 3. The second-order valence-corrected chi connectivity index (χ2v) is 7.41. The van der Waals surface area contributed by atoms with Gasteiger partial charge >= 0.3 is 0 Å². The molecule has 3 aromatic rings. The van der Waals surface area contributed by atoms with Crippen LogP contribution in [0.15, 0.2) is 53.8 Å². The van der Waals surface area contributed by atoms with Gasteiger partial charge in [-0.15, -0.1) is 0 Å². The number of carbonyl (C=O) groups is 1. The third-order valence-corrected chi connectivity index (χ3v) is 5.49. The van der Waals surface area contributed by atoms with E-state index < -0.39 is 0 Å². The van der Waals surface area contributed by atoms with Crippen molar-refractivity contribution in [2.75, 3.05) is 18.4 Å². The van der Waals surface area contributed by atoms with Crippen LogP contribution in [0, 0.1) is 0 Å². The fraction of sp³-hybridized carbons (Fsp3) is 0.273. The van der Waals surface area contributed by atoms with E-state index in [0.717, 1.165) is 59.6 Å². The molecule has 0 spiro atoms. The molecule has 28 heavy (non-hydrogen) atoms. The van der Waals surface area contributed by atoms with E-state index in [9.17, 15) is 4.79 Å². The third kappa shape index (κ3) is 3.01. The lowest BCUT2D eigenvalue weighted by atomic mass is 10.0. The van der Waals surface area contributed by atoms with Crippen molar-refractivity contribution in [1.29, 1.82) is 0 Å². The lowest BCUT2D eigenvalue weighted by Gasteiger charge is -2.17. The van der Waals surface area contributed by atoms with E-state index in [1.807, 2.05) is 29.2 Å². The van der Waals surface area contributed by atoms with Gasteiger partial charge in [-0.1, -0.05) is 18.2 Å². The molecule has 2 aliphatic rings. The zero-order valence-electron chi connectivity index (χ0n) is 15.7. The van der Waals surface area contributed by atoms with Crippen LogP contribution in [0.4, 0.5) is 11.4 Å². The zero-order valence-corrected chi connectivity index (χ0v) is 15.7. The SMILES string of the molecule is CC(=O)N1CC[C@H](Nc2cc(C3=Nc4ccccc4C3)c3nccnc3c2)C1. The van der Waals surface area contributed by atoms with E-state index in [4.69, 9.17) is 4.99 Å². The van der Waals surface area contributed by atoms with Gasteiger partial charge in [0.2, 0.25) is 5.91 Å². The molecular weight excluding hydrogens is 350 g/mol. The van der Waals surface area contributed by atoms with Gasteiger partial charge < -0.3 is 10.2 Å². The fourth-order valence-electron chi connectivity index (χ4n) is 4.07. The largest absolute Gasteiger partial charge is 0.380 e. The third-order valence-electron chi connectivity index (χ3n) is 5.49. The molecule has 3 heterocycles. The van der Waals surface area contributed by atoms with Gasteiger partial charge in [-0.3, -0.25) is 19.8 Å². The summed E-state index contributed by atoms with van der Waals surface area (Å²) in [6.45, 7) is 3.16. The van der Waals surface area contributed by atoms with Gasteiger partial charge in [0.25, 0.3) is 0 Å². The molecule has 6 heteroatoms.